The molecule has 1 N–H and O–H groups in total. The van der Waals surface area contributed by atoms with Gasteiger partial charge in [0.1, 0.15) is 0 Å². The van der Waals surface area contributed by atoms with Crippen molar-refractivity contribution in [3.8, 4) is 28.5 Å². The number of benzene rings is 2. The maximum Gasteiger partial charge on any atom is 0.0992 e. The molecular formula is C25H22N2O. The van der Waals surface area contributed by atoms with Crippen molar-refractivity contribution in [2.75, 3.05) is 0 Å². The normalized spacial score (nSPS) is 12.0. The number of aliphatic hydroxyl groups is 1. The molecule has 0 bridgehead atoms. The molecule has 2 aromatic heterocycles. The first kappa shape index (κ1) is 18.0. The summed E-state index contributed by atoms with van der Waals surface area (Å²) in [5.41, 5.74) is 6.58. The number of aromatic nitrogens is 1. The topological polar surface area (TPSA) is 48.4 Å². The van der Waals surface area contributed by atoms with Crippen molar-refractivity contribution in [3.05, 3.63) is 90.1 Å². The fourth-order valence-corrected chi connectivity index (χ4v) is 3.88. The molecule has 1 unspecified atom stereocenters. The zero-order valence-corrected chi connectivity index (χ0v) is 15.8. The Hall–Kier alpha value is -3.35. The number of nitrogens with zero attached hydrogens (tertiary/aromatic N) is 2. The van der Waals surface area contributed by atoms with E-state index in [4.69, 9.17) is 0 Å². The first-order chi connectivity index (χ1) is 13.7. The SMILES string of the molecule is CCCC(O)c1c(-c2ccccc2)c(-c2ccccc2)n2ccc(C#N)cc12. The van der Waals surface area contributed by atoms with Gasteiger partial charge >= 0.3 is 0 Å². The van der Waals surface area contributed by atoms with Gasteiger partial charge in [-0.15, -0.1) is 0 Å². The zero-order valence-electron chi connectivity index (χ0n) is 15.8. The number of fused-ring (bicyclic) bond motifs is 1. The van der Waals surface area contributed by atoms with Gasteiger partial charge in [-0.2, -0.15) is 5.26 Å². The number of hydrogen-bond donors (Lipinski definition) is 1. The lowest BCUT2D eigenvalue weighted by atomic mass is 9.93. The molecule has 2 aromatic carbocycles. The summed E-state index contributed by atoms with van der Waals surface area (Å²) < 4.78 is 2.10. The third-order valence-corrected chi connectivity index (χ3v) is 5.11. The van der Waals surface area contributed by atoms with Gasteiger partial charge in [-0.05, 0) is 29.7 Å². The molecule has 3 nitrogen and oxygen atoms in total. The standard InChI is InChI=1S/C25H22N2O/c1-2-9-22(28)24-21-16-18(17-26)14-15-27(21)25(20-12-7-4-8-13-20)23(24)19-10-5-3-6-11-19/h3-8,10-16,22,28H,2,9H2,1H3. The molecule has 0 radical (unpaired) electrons. The van der Waals surface area contributed by atoms with E-state index in [1.807, 2.05) is 54.7 Å². The van der Waals surface area contributed by atoms with Crippen molar-refractivity contribution in [3.63, 3.8) is 0 Å². The molecule has 2 heterocycles. The van der Waals surface area contributed by atoms with Crippen LogP contribution in [0.3, 0.4) is 0 Å². The molecule has 4 rings (SSSR count). The van der Waals surface area contributed by atoms with Crippen LogP contribution in [0.25, 0.3) is 27.9 Å². The molecule has 0 spiro atoms. The lowest BCUT2D eigenvalue weighted by molar-refractivity contribution is 0.168. The monoisotopic (exact) mass is 366 g/mol. The summed E-state index contributed by atoms with van der Waals surface area (Å²) in [7, 11) is 0. The fourth-order valence-electron chi connectivity index (χ4n) is 3.88. The summed E-state index contributed by atoms with van der Waals surface area (Å²) >= 11 is 0. The maximum atomic E-state index is 11.1. The van der Waals surface area contributed by atoms with Gasteiger partial charge < -0.3 is 9.51 Å². The summed E-state index contributed by atoms with van der Waals surface area (Å²) in [5, 5.41) is 20.5. The molecule has 4 aromatic rings. The smallest absolute Gasteiger partial charge is 0.0992 e. The van der Waals surface area contributed by atoms with E-state index >= 15 is 0 Å². The molecule has 3 heteroatoms. The van der Waals surface area contributed by atoms with Crippen molar-refractivity contribution >= 4 is 5.52 Å². The van der Waals surface area contributed by atoms with Gasteiger partial charge in [0.25, 0.3) is 0 Å². The van der Waals surface area contributed by atoms with Gasteiger partial charge in [0.05, 0.1) is 28.9 Å². The second-order valence-corrected chi connectivity index (χ2v) is 6.96. The van der Waals surface area contributed by atoms with Crippen LogP contribution in [0.2, 0.25) is 0 Å². The molecular weight excluding hydrogens is 344 g/mol. The number of nitriles is 1. The number of aliphatic hydroxyl groups excluding tert-OH is 1. The Balaban J connectivity index is 2.15. The highest BCUT2D eigenvalue weighted by Crippen LogP contribution is 2.43. The molecule has 0 fully saturated rings. The van der Waals surface area contributed by atoms with Crippen molar-refractivity contribution < 1.29 is 5.11 Å². The Morgan fingerprint density at radius 1 is 0.964 bits per heavy atom. The van der Waals surface area contributed by atoms with E-state index in [1.54, 1.807) is 0 Å². The van der Waals surface area contributed by atoms with Crippen LogP contribution in [0.4, 0.5) is 0 Å². The van der Waals surface area contributed by atoms with E-state index in [0.717, 1.165) is 39.9 Å². The molecule has 0 aliphatic heterocycles. The van der Waals surface area contributed by atoms with E-state index in [9.17, 15) is 10.4 Å². The van der Waals surface area contributed by atoms with Crippen LogP contribution in [0.5, 0.6) is 0 Å². The van der Waals surface area contributed by atoms with Crippen LogP contribution in [0, 0.1) is 11.3 Å². The van der Waals surface area contributed by atoms with Crippen molar-refractivity contribution in [2.45, 2.75) is 25.9 Å². The predicted molar refractivity (Wildman–Crippen MR) is 113 cm³/mol. The van der Waals surface area contributed by atoms with E-state index in [0.29, 0.717) is 12.0 Å². The summed E-state index contributed by atoms with van der Waals surface area (Å²) in [6.07, 6.45) is 2.89. The largest absolute Gasteiger partial charge is 0.388 e. The van der Waals surface area contributed by atoms with Crippen LogP contribution in [-0.2, 0) is 0 Å². The van der Waals surface area contributed by atoms with E-state index in [-0.39, 0.29) is 0 Å². The highest BCUT2D eigenvalue weighted by Gasteiger charge is 2.25. The minimum Gasteiger partial charge on any atom is -0.388 e. The number of hydrogen-bond acceptors (Lipinski definition) is 2. The second kappa shape index (κ2) is 7.72. The molecule has 0 aliphatic rings. The Labute approximate surface area is 165 Å². The van der Waals surface area contributed by atoms with Crippen molar-refractivity contribution in [1.82, 2.24) is 4.40 Å². The van der Waals surface area contributed by atoms with Crippen LogP contribution < -0.4 is 0 Å². The molecule has 0 aliphatic carbocycles. The Bertz CT molecular complexity index is 1140. The summed E-state index contributed by atoms with van der Waals surface area (Å²) in [6.45, 7) is 2.07. The van der Waals surface area contributed by atoms with Crippen molar-refractivity contribution in [1.29, 1.82) is 5.26 Å². The van der Waals surface area contributed by atoms with Crippen LogP contribution in [0.1, 0.15) is 37.0 Å². The summed E-state index contributed by atoms with van der Waals surface area (Å²) in [5.74, 6) is 0. The zero-order chi connectivity index (χ0) is 19.5. The van der Waals surface area contributed by atoms with Gasteiger partial charge in [-0.3, -0.25) is 0 Å². The highest BCUT2D eigenvalue weighted by molar-refractivity contribution is 5.91. The van der Waals surface area contributed by atoms with E-state index in [1.165, 1.54) is 0 Å². The quantitative estimate of drug-likeness (QED) is 0.472. The molecule has 0 saturated heterocycles. The lowest BCUT2D eigenvalue weighted by Crippen LogP contribution is -1.98. The Morgan fingerprint density at radius 2 is 1.61 bits per heavy atom. The van der Waals surface area contributed by atoms with Crippen LogP contribution in [-0.4, -0.2) is 9.51 Å². The molecule has 28 heavy (non-hydrogen) atoms. The average Bonchev–Trinajstić information content (AvgIpc) is 3.09. The summed E-state index contributed by atoms with van der Waals surface area (Å²) in [4.78, 5) is 0. The number of pyridine rings is 1. The van der Waals surface area contributed by atoms with Crippen LogP contribution in [0.15, 0.2) is 79.0 Å². The predicted octanol–water partition coefficient (Wildman–Crippen LogP) is 5.98. The second-order valence-electron chi connectivity index (χ2n) is 6.96. The summed E-state index contributed by atoms with van der Waals surface area (Å²) in [6, 6.07) is 26.3. The first-order valence-corrected chi connectivity index (χ1v) is 9.61. The van der Waals surface area contributed by atoms with Gasteiger partial charge in [0.2, 0.25) is 0 Å². The molecule has 0 amide bonds. The third kappa shape index (κ3) is 3.09. The first-order valence-electron chi connectivity index (χ1n) is 9.61. The van der Waals surface area contributed by atoms with E-state index < -0.39 is 6.10 Å². The molecule has 1 atom stereocenters. The molecule has 0 saturated carbocycles. The van der Waals surface area contributed by atoms with Gasteiger partial charge in [0, 0.05) is 17.3 Å². The van der Waals surface area contributed by atoms with Gasteiger partial charge in [-0.1, -0.05) is 74.0 Å². The highest BCUT2D eigenvalue weighted by atomic mass is 16.3. The van der Waals surface area contributed by atoms with E-state index in [2.05, 4.69) is 41.7 Å². The fraction of sp³-hybridized carbons (Fsp3) is 0.160. The lowest BCUT2D eigenvalue weighted by Gasteiger charge is -2.13. The van der Waals surface area contributed by atoms with Gasteiger partial charge in [0.15, 0.2) is 0 Å². The number of rotatable bonds is 5. The Kier molecular flexibility index (Phi) is 4.97. The van der Waals surface area contributed by atoms with Crippen molar-refractivity contribution in [2.24, 2.45) is 0 Å². The maximum absolute atomic E-state index is 11.1. The minimum atomic E-state index is -0.596. The minimum absolute atomic E-state index is 0.592. The third-order valence-electron chi connectivity index (χ3n) is 5.11. The molecule has 138 valence electrons. The van der Waals surface area contributed by atoms with Gasteiger partial charge in [-0.25, -0.2) is 0 Å². The van der Waals surface area contributed by atoms with Crippen LogP contribution >= 0.6 is 0 Å². The Morgan fingerprint density at radius 3 is 2.21 bits per heavy atom. The average molecular weight is 366 g/mol.